The first-order valence-electron chi connectivity index (χ1n) is 5.34. The number of hydrogen-bond donors (Lipinski definition) is 1. The number of ether oxygens (including phenoxy) is 1. The minimum atomic E-state index is -0.405. The molecule has 1 heterocycles. The van der Waals surface area contributed by atoms with Crippen LogP contribution in [-0.2, 0) is 0 Å². The van der Waals surface area contributed by atoms with Gasteiger partial charge < -0.3 is 4.74 Å². The molecular formula is C12H8BrCl2N3O2. The SMILES string of the molecule is COc1cc(Cl)nc(NC(=O)c2cc(Cl)cc(Br)c2)n1. The summed E-state index contributed by atoms with van der Waals surface area (Å²) in [5.41, 5.74) is 0.368. The number of nitrogens with one attached hydrogen (secondary N) is 1. The molecule has 0 atom stereocenters. The normalized spacial score (nSPS) is 10.2. The number of aromatic nitrogens is 2. The molecule has 2 aromatic rings. The van der Waals surface area contributed by atoms with Crippen molar-refractivity contribution in [3.05, 3.63) is 44.5 Å². The lowest BCUT2D eigenvalue weighted by Gasteiger charge is -2.06. The van der Waals surface area contributed by atoms with E-state index in [0.717, 1.165) is 0 Å². The molecular weight excluding hydrogens is 369 g/mol. The number of hydrogen-bond acceptors (Lipinski definition) is 4. The van der Waals surface area contributed by atoms with Crippen molar-refractivity contribution in [3.8, 4) is 5.88 Å². The molecule has 0 radical (unpaired) electrons. The summed E-state index contributed by atoms with van der Waals surface area (Å²) in [5.74, 6) is -0.0967. The Kier molecular flexibility index (Phi) is 4.80. The molecule has 0 fully saturated rings. The third-order valence-corrected chi connectivity index (χ3v) is 3.10. The first-order valence-corrected chi connectivity index (χ1v) is 6.89. The molecule has 0 spiro atoms. The maximum absolute atomic E-state index is 12.1. The Balaban J connectivity index is 2.25. The van der Waals surface area contributed by atoms with Gasteiger partial charge in [-0.2, -0.15) is 4.98 Å². The second-order valence-corrected chi connectivity index (χ2v) is 5.41. The van der Waals surface area contributed by atoms with E-state index in [1.807, 2.05) is 0 Å². The molecule has 0 unspecified atom stereocenters. The quantitative estimate of drug-likeness (QED) is 0.827. The van der Waals surface area contributed by atoms with E-state index in [9.17, 15) is 4.79 Å². The summed E-state index contributed by atoms with van der Waals surface area (Å²) in [4.78, 5) is 19.9. The number of carbonyl (C=O) groups excluding carboxylic acids is 1. The van der Waals surface area contributed by atoms with Gasteiger partial charge in [0.2, 0.25) is 11.8 Å². The minimum Gasteiger partial charge on any atom is -0.481 e. The Labute approximate surface area is 133 Å². The Hall–Kier alpha value is -1.37. The summed E-state index contributed by atoms with van der Waals surface area (Å²) in [7, 11) is 1.44. The zero-order chi connectivity index (χ0) is 14.7. The highest BCUT2D eigenvalue weighted by atomic mass is 79.9. The van der Waals surface area contributed by atoms with Crippen LogP contribution < -0.4 is 10.1 Å². The van der Waals surface area contributed by atoms with Crippen LogP contribution in [0.2, 0.25) is 10.2 Å². The van der Waals surface area contributed by atoms with Gasteiger partial charge in [-0.3, -0.25) is 10.1 Å². The number of nitrogens with zero attached hydrogens (tertiary/aromatic N) is 2. The maximum atomic E-state index is 12.1. The van der Waals surface area contributed by atoms with Gasteiger partial charge in [0.05, 0.1) is 7.11 Å². The van der Waals surface area contributed by atoms with E-state index in [0.29, 0.717) is 15.1 Å². The summed E-state index contributed by atoms with van der Waals surface area (Å²) in [6, 6.07) is 6.27. The summed E-state index contributed by atoms with van der Waals surface area (Å²) in [6.07, 6.45) is 0. The minimum absolute atomic E-state index is 0.0513. The van der Waals surface area contributed by atoms with Gasteiger partial charge >= 0.3 is 0 Å². The van der Waals surface area contributed by atoms with E-state index in [4.69, 9.17) is 27.9 Å². The fourth-order valence-electron chi connectivity index (χ4n) is 1.42. The number of rotatable bonds is 3. The highest BCUT2D eigenvalue weighted by molar-refractivity contribution is 9.10. The molecule has 0 saturated carbocycles. The predicted molar refractivity (Wildman–Crippen MR) is 80.7 cm³/mol. The van der Waals surface area contributed by atoms with Gasteiger partial charge in [0, 0.05) is 21.1 Å². The van der Waals surface area contributed by atoms with Crippen LogP contribution in [0.3, 0.4) is 0 Å². The molecule has 104 valence electrons. The van der Waals surface area contributed by atoms with E-state index >= 15 is 0 Å². The lowest BCUT2D eigenvalue weighted by Crippen LogP contribution is -2.14. The molecule has 1 aromatic carbocycles. The van der Waals surface area contributed by atoms with Crippen LogP contribution in [0.25, 0.3) is 0 Å². The number of halogens is 3. The average Bonchev–Trinajstić information content (AvgIpc) is 2.36. The van der Waals surface area contributed by atoms with Crippen LogP contribution in [0, 0.1) is 0 Å². The van der Waals surface area contributed by atoms with Crippen molar-refractivity contribution >= 4 is 51.0 Å². The van der Waals surface area contributed by atoms with Gasteiger partial charge in [-0.1, -0.05) is 39.1 Å². The van der Waals surface area contributed by atoms with Crippen LogP contribution in [0.4, 0.5) is 5.95 Å². The van der Waals surface area contributed by atoms with Crippen molar-refractivity contribution in [1.82, 2.24) is 9.97 Å². The molecule has 0 aliphatic carbocycles. The van der Waals surface area contributed by atoms with Crippen molar-refractivity contribution in [2.75, 3.05) is 12.4 Å². The molecule has 1 aromatic heterocycles. The molecule has 2 rings (SSSR count). The van der Waals surface area contributed by atoms with E-state index in [-0.39, 0.29) is 17.0 Å². The molecule has 0 saturated heterocycles. The topological polar surface area (TPSA) is 64.1 Å². The van der Waals surface area contributed by atoms with E-state index in [1.165, 1.54) is 19.2 Å². The second-order valence-electron chi connectivity index (χ2n) is 3.67. The van der Waals surface area contributed by atoms with Crippen LogP contribution in [-0.4, -0.2) is 23.0 Å². The number of carbonyl (C=O) groups is 1. The number of amides is 1. The van der Waals surface area contributed by atoms with Gasteiger partial charge in [0.1, 0.15) is 5.15 Å². The van der Waals surface area contributed by atoms with Crippen molar-refractivity contribution in [2.45, 2.75) is 0 Å². The van der Waals surface area contributed by atoms with Gasteiger partial charge in [0.15, 0.2) is 0 Å². The first-order chi connectivity index (χ1) is 9.47. The van der Waals surface area contributed by atoms with Crippen molar-refractivity contribution in [3.63, 3.8) is 0 Å². The Bertz CT molecular complexity index is 647. The highest BCUT2D eigenvalue weighted by Crippen LogP contribution is 2.21. The fraction of sp³-hybridized carbons (Fsp3) is 0.0833. The Morgan fingerprint density at radius 2 is 2.00 bits per heavy atom. The van der Waals surface area contributed by atoms with Crippen LogP contribution in [0.15, 0.2) is 28.7 Å². The third kappa shape index (κ3) is 3.82. The summed E-state index contributed by atoms with van der Waals surface area (Å²) in [6.45, 7) is 0. The third-order valence-electron chi connectivity index (χ3n) is 2.23. The summed E-state index contributed by atoms with van der Waals surface area (Å²) in [5, 5.41) is 3.13. The van der Waals surface area contributed by atoms with Gasteiger partial charge in [-0.05, 0) is 18.2 Å². The second kappa shape index (κ2) is 6.39. The van der Waals surface area contributed by atoms with Crippen molar-refractivity contribution < 1.29 is 9.53 Å². The van der Waals surface area contributed by atoms with Crippen LogP contribution in [0.1, 0.15) is 10.4 Å². The maximum Gasteiger partial charge on any atom is 0.258 e. The summed E-state index contributed by atoms with van der Waals surface area (Å²) >= 11 is 14.9. The highest BCUT2D eigenvalue weighted by Gasteiger charge is 2.11. The monoisotopic (exact) mass is 375 g/mol. The van der Waals surface area contributed by atoms with E-state index < -0.39 is 5.91 Å². The molecule has 5 nitrogen and oxygen atoms in total. The molecule has 8 heteroatoms. The van der Waals surface area contributed by atoms with Crippen LogP contribution in [0.5, 0.6) is 5.88 Å². The van der Waals surface area contributed by atoms with Gasteiger partial charge in [-0.15, -0.1) is 0 Å². The molecule has 1 amide bonds. The lowest BCUT2D eigenvalue weighted by molar-refractivity contribution is 0.102. The van der Waals surface area contributed by atoms with Gasteiger partial charge in [-0.25, -0.2) is 4.98 Å². The zero-order valence-corrected chi connectivity index (χ0v) is 13.3. The average molecular weight is 377 g/mol. The number of anilines is 1. The molecule has 20 heavy (non-hydrogen) atoms. The van der Waals surface area contributed by atoms with E-state index in [1.54, 1.807) is 12.1 Å². The Morgan fingerprint density at radius 3 is 2.65 bits per heavy atom. The fourth-order valence-corrected chi connectivity index (χ4v) is 2.45. The molecule has 0 aliphatic heterocycles. The van der Waals surface area contributed by atoms with E-state index in [2.05, 4.69) is 31.2 Å². The largest absolute Gasteiger partial charge is 0.481 e. The molecule has 0 bridgehead atoms. The first kappa shape index (κ1) is 15.0. The molecule has 1 N–H and O–H groups in total. The number of benzene rings is 1. The standard InChI is InChI=1S/C12H8BrCl2N3O2/c1-20-10-5-9(15)16-12(17-10)18-11(19)6-2-7(13)4-8(14)3-6/h2-5H,1H3,(H,16,17,18,19). The smallest absolute Gasteiger partial charge is 0.258 e. The lowest BCUT2D eigenvalue weighted by atomic mass is 10.2. The Morgan fingerprint density at radius 1 is 1.25 bits per heavy atom. The van der Waals surface area contributed by atoms with Crippen molar-refractivity contribution in [1.29, 1.82) is 0 Å². The number of methoxy groups -OCH3 is 1. The molecule has 0 aliphatic rings. The van der Waals surface area contributed by atoms with Crippen molar-refractivity contribution in [2.24, 2.45) is 0 Å². The van der Waals surface area contributed by atoms with Gasteiger partial charge in [0.25, 0.3) is 5.91 Å². The van der Waals surface area contributed by atoms with Crippen LogP contribution >= 0.6 is 39.1 Å². The summed E-state index contributed by atoms with van der Waals surface area (Å²) < 4.78 is 5.64. The zero-order valence-electron chi connectivity index (χ0n) is 10.2. The predicted octanol–water partition coefficient (Wildman–Crippen LogP) is 3.81.